The summed E-state index contributed by atoms with van der Waals surface area (Å²) < 4.78 is 3.39. The first-order chi connectivity index (χ1) is 8.66. The van der Waals surface area contributed by atoms with E-state index in [1.165, 1.54) is 0 Å². The van der Waals surface area contributed by atoms with Gasteiger partial charge in [0.25, 0.3) is 5.56 Å². The SMILES string of the molecule is Cc1ccc(-n2ccc3c(ncn3C)c2=O)cn1. The van der Waals surface area contributed by atoms with E-state index in [2.05, 4.69) is 9.97 Å². The largest absolute Gasteiger partial charge is 0.334 e. The number of rotatable bonds is 1. The summed E-state index contributed by atoms with van der Waals surface area (Å²) in [5.74, 6) is 0. The minimum atomic E-state index is -0.126. The third kappa shape index (κ3) is 1.52. The summed E-state index contributed by atoms with van der Waals surface area (Å²) >= 11 is 0. The molecule has 0 saturated carbocycles. The Morgan fingerprint density at radius 3 is 2.72 bits per heavy atom. The van der Waals surface area contributed by atoms with E-state index < -0.39 is 0 Å². The average Bonchev–Trinajstić information content (AvgIpc) is 2.74. The molecule has 0 aromatic carbocycles. The molecule has 3 rings (SSSR count). The van der Waals surface area contributed by atoms with Crippen LogP contribution >= 0.6 is 0 Å². The minimum Gasteiger partial charge on any atom is -0.334 e. The molecule has 5 heteroatoms. The van der Waals surface area contributed by atoms with Crippen LogP contribution in [0.15, 0.2) is 41.7 Å². The topological polar surface area (TPSA) is 52.7 Å². The molecule has 0 unspecified atom stereocenters. The number of hydrogen-bond donors (Lipinski definition) is 0. The van der Waals surface area contributed by atoms with Gasteiger partial charge in [0.1, 0.15) is 0 Å². The Kier molecular flexibility index (Phi) is 2.26. The zero-order valence-corrected chi connectivity index (χ0v) is 10.2. The van der Waals surface area contributed by atoms with Crippen molar-refractivity contribution >= 4 is 11.0 Å². The molecule has 0 aliphatic heterocycles. The van der Waals surface area contributed by atoms with Crippen molar-refractivity contribution in [3.8, 4) is 5.69 Å². The second-order valence-electron chi connectivity index (χ2n) is 4.24. The molecule has 0 atom stereocenters. The van der Waals surface area contributed by atoms with Crippen LogP contribution in [0.3, 0.4) is 0 Å². The van der Waals surface area contributed by atoms with Gasteiger partial charge in [-0.2, -0.15) is 0 Å². The second kappa shape index (κ2) is 3.80. The Morgan fingerprint density at radius 1 is 1.17 bits per heavy atom. The molecule has 18 heavy (non-hydrogen) atoms. The molecule has 0 saturated heterocycles. The number of fused-ring (bicyclic) bond motifs is 1. The molecular weight excluding hydrogens is 228 g/mol. The molecule has 0 bridgehead atoms. The lowest BCUT2D eigenvalue weighted by Crippen LogP contribution is -2.18. The number of hydrogen-bond acceptors (Lipinski definition) is 3. The molecule has 3 aromatic rings. The first-order valence-corrected chi connectivity index (χ1v) is 5.62. The zero-order valence-electron chi connectivity index (χ0n) is 10.2. The second-order valence-corrected chi connectivity index (χ2v) is 4.24. The van der Waals surface area contributed by atoms with Gasteiger partial charge in [0.05, 0.1) is 23.7 Å². The molecule has 90 valence electrons. The maximum Gasteiger partial charge on any atom is 0.283 e. The highest BCUT2D eigenvalue weighted by molar-refractivity contribution is 5.74. The van der Waals surface area contributed by atoms with Gasteiger partial charge in [0, 0.05) is 18.9 Å². The maximum atomic E-state index is 12.3. The van der Waals surface area contributed by atoms with Crippen molar-refractivity contribution in [3.63, 3.8) is 0 Å². The Morgan fingerprint density at radius 2 is 2.00 bits per heavy atom. The highest BCUT2D eigenvalue weighted by Gasteiger charge is 2.08. The van der Waals surface area contributed by atoms with Crippen molar-refractivity contribution in [2.24, 2.45) is 7.05 Å². The monoisotopic (exact) mass is 240 g/mol. The van der Waals surface area contributed by atoms with Gasteiger partial charge >= 0.3 is 0 Å². The standard InChI is InChI=1S/C13H12N4O/c1-9-3-4-10(7-14-9)17-6-5-11-12(13(17)18)15-8-16(11)2/h3-8H,1-2H3. The fraction of sp³-hybridized carbons (Fsp3) is 0.154. The van der Waals surface area contributed by atoms with Crippen LogP contribution in [-0.2, 0) is 7.05 Å². The molecule has 0 amide bonds. The van der Waals surface area contributed by atoms with E-state index in [4.69, 9.17) is 0 Å². The van der Waals surface area contributed by atoms with Crippen LogP contribution in [0, 0.1) is 6.92 Å². The third-order valence-corrected chi connectivity index (χ3v) is 2.96. The van der Waals surface area contributed by atoms with E-state index in [0.29, 0.717) is 5.52 Å². The molecule has 0 spiro atoms. The van der Waals surface area contributed by atoms with E-state index in [1.807, 2.05) is 36.7 Å². The van der Waals surface area contributed by atoms with Gasteiger partial charge in [-0.15, -0.1) is 0 Å². The molecule has 0 radical (unpaired) electrons. The van der Waals surface area contributed by atoms with Gasteiger partial charge in [0.15, 0.2) is 5.52 Å². The summed E-state index contributed by atoms with van der Waals surface area (Å²) in [4.78, 5) is 20.6. The molecule has 5 nitrogen and oxygen atoms in total. The van der Waals surface area contributed by atoms with E-state index in [9.17, 15) is 4.79 Å². The van der Waals surface area contributed by atoms with Crippen LogP contribution in [0.5, 0.6) is 0 Å². The number of aromatic nitrogens is 4. The normalized spacial score (nSPS) is 11.0. The van der Waals surface area contributed by atoms with Gasteiger partial charge in [0.2, 0.25) is 0 Å². The van der Waals surface area contributed by atoms with Crippen molar-refractivity contribution in [1.29, 1.82) is 0 Å². The quantitative estimate of drug-likeness (QED) is 0.646. The van der Waals surface area contributed by atoms with Crippen molar-refractivity contribution in [1.82, 2.24) is 19.1 Å². The third-order valence-electron chi connectivity index (χ3n) is 2.96. The molecule has 0 aliphatic rings. The van der Waals surface area contributed by atoms with Gasteiger partial charge in [-0.3, -0.25) is 14.3 Å². The van der Waals surface area contributed by atoms with Gasteiger partial charge in [-0.05, 0) is 25.1 Å². The van der Waals surface area contributed by atoms with Gasteiger partial charge in [-0.25, -0.2) is 4.98 Å². The van der Waals surface area contributed by atoms with Crippen LogP contribution in [0.2, 0.25) is 0 Å². The predicted octanol–water partition coefficient (Wildman–Crippen LogP) is 1.43. The number of aryl methyl sites for hydroxylation is 2. The van der Waals surface area contributed by atoms with Crippen LogP contribution in [0.1, 0.15) is 5.69 Å². The summed E-state index contributed by atoms with van der Waals surface area (Å²) in [5, 5.41) is 0. The highest BCUT2D eigenvalue weighted by Crippen LogP contribution is 2.09. The fourth-order valence-corrected chi connectivity index (χ4v) is 1.93. The van der Waals surface area contributed by atoms with Gasteiger partial charge in [-0.1, -0.05) is 0 Å². The highest BCUT2D eigenvalue weighted by atomic mass is 16.1. The molecular formula is C13H12N4O. The van der Waals surface area contributed by atoms with Crippen LogP contribution in [0.4, 0.5) is 0 Å². The van der Waals surface area contributed by atoms with Crippen molar-refractivity contribution in [2.75, 3.05) is 0 Å². The molecule has 3 heterocycles. The lowest BCUT2D eigenvalue weighted by Gasteiger charge is -2.05. The Bertz CT molecular complexity index is 768. The molecule has 0 fully saturated rings. The van der Waals surface area contributed by atoms with Crippen LogP contribution in [-0.4, -0.2) is 19.1 Å². The smallest absolute Gasteiger partial charge is 0.283 e. The fourth-order valence-electron chi connectivity index (χ4n) is 1.93. The van der Waals surface area contributed by atoms with Crippen LogP contribution < -0.4 is 5.56 Å². The summed E-state index contributed by atoms with van der Waals surface area (Å²) in [6.45, 7) is 1.91. The van der Waals surface area contributed by atoms with Gasteiger partial charge < -0.3 is 4.57 Å². The summed E-state index contributed by atoms with van der Waals surface area (Å²) in [6.07, 6.45) is 5.08. The number of imidazole rings is 1. The van der Waals surface area contributed by atoms with E-state index in [0.717, 1.165) is 16.9 Å². The summed E-state index contributed by atoms with van der Waals surface area (Å²) in [6, 6.07) is 5.63. The summed E-state index contributed by atoms with van der Waals surface area (Å²) in [7, 11) is 1.87. The molecule has 0 N–H and O–H groups in total. The lowest BCUT2D eigenvalue weighted by atomic mass is 10.3. The minimum absolute atomic E-state index is 0.126. The summed E-state index contributed by atoms with van der Waals surface area (Å²) in [5.41, 5.74) is 2.85. The Balaban J connectivity index is 2.27. The lowest BCUT2D eigenvalue weighted by molar-refractivity contribution is 0.943. The van der Waals surface area contributed by atoms with E-state index in [1.54, 1.807) is 23.3 Å². The predicted molar refractivity (Wildman–Crippen MR) is 68.8 cm³/mol. The average molecular weight is 240 g/mol. The number of pyridine rings is 2. The Hall–Kier alpha value is -2.43. The molecule has 3 aromatic heterocycles. The van der Waals surface area contributed by atoms with Crippen molar-refractivity contribution in [3.05, 3.63) is 53.0 Å². The number of nitrogens with zero attached hydrogens (tertiary/aromatic N) is 4. The van der Waals surface area contributed by atoms with E-state index >= 15 is 0 Å². The zero-order chi connectivity index (χ0) is 12.7. The van der Waals surface area contributed by atoms with E-state index in [-0.39, 0.29) is 5.56 Å². The Labute approximate surface area is 103 Å². The first-order valence-electron chi connectivity index (χ1n) is 5.62. The van der Waals surface area contributed by atoms with Crippen LogP contribution in [0.25, 0.3) is 16.7 Å². The maximum absolute atomic E-state index is 12.3. The first kappa shape index (κ1) is 10.7. The van der Waals surface area contributed by atoms with Crippen molar-refractivity contribution < 1.29 is 0 Å². The molecule has 0 aliphatic carbocycles. The van der Waals surface area contributed by atoms with Crippen molar-refractivity contribution in [2.45, 2.75) is 6.92 Å².